The van der Waals surface area contributed by atoms with E-state index in [4.69, 9.17) is 4.74 Å². The van der Waals surface area contributed by atoms with Crippen molar-refractivity contribution >= 4 is 11.5 Å². The molecule has 27 heavy (non-hydrogen) atoms. The first-order valence-electron chi connectivity index (χ1n) is 9.65. The van der Waals surface area contributed by atoms with Gasteiger partial charge in [0.15, 0.2) is 0 Å². The van der Waals surface area contributed by atoms with Crippen LogP contribution in [0.2, 0.25) is 0 Å². The molecule has 1 aliphatic carbocycles. The first-order valence-corrected chi connectivity index (χ1v) is 9.65. The number of carbonyl (C=O) groups is 1. The van der Waals surface area contributed by atoms with Gasteiger partial charge < -0.3 is 4.74 Å². The fourth-order valence-corrected chi connectivity index (χ4v) is 4.09. The number of hydrogen-bond donors (Lipinski definition) is 0. The van der Waals surface area contributed by atoms with Crippen LogP contribution >= 0.6 is 0 Å². The lowest BCUT2D eigenvalue weighted by Crippen LogP contribution is -2.34. The monoisotopic (exact) mass is 362 g/mol. The molecule has 0 atom stereocenters. The van der Waals surface area contributed by atoms with Crippen LogP contribution in [0.1, 0.15) is 75.3 Å². The maximum absolute atomic E-state index is 11.1. The van der Waals surface area contributed by atoms with E-state index >= 15 is 0 Å². The summed E-state index contributed by atoms with van der Waals surface area (Å²) in [7, 11) is 0. The van der Waals surface area contributed by atoms with Crippen molar-refractivity contribution < 1.29 is 9.53 Å². The summed E-state index contributed by atoms with van der Waals surface area (Å²) in [6.07, 6.45) is 2.41. The van der Waals surface area contributed by atoms with E-state index in [2.05, 4.69) is 53.3 Å². The normalized spacial score (nSPS) is 17.1. The highest BCUT2D eigenvalue weighted by Crippen LogP contribution is 2.47. The maximum Gasteiger partial charge on any atom is 0.308 e. The van der Waals surface area contributed by atoms with Crippen LogP contribution in [-0.2, 0) is 15.6 Å². The smallest absolute Gasteiger partial charge is 0.308 e. The van der Waals surface area contributed by atoms with Gasteiger partial charge >= 0.3 is 5.97 Å². The lowest BCUT2D eigenvalue weighted by molar-refractivity contribution is -0.131. The summed E-state index contributed by atoms with van der Waals surface area (Å²) in [6.45, 7) is 17.3. The van der Waals surface area contributed by atoms with E-state index in [9.17, 15) is 4.79 Å². The molecule has 142 valence electrons. The standard InChI is InChI=1S/C25H30O2/c1-16-14-22-23(25(6,7)13-12-24(22,4)5)15-21(16)17(2)19-8-10-20(11-9-19)27-18(3)26/h8-11,14-15H,2,12-13H2,1,3-7H3. The molecule has 0 radical (unpaired) electrons. The molecule has 2 heteroatoms. The summed E-state index contributed by atoms with van der Waals surface area (Å²) >= 11 is 0. The van der Waals surface area contributed by atoms with Gasteiger partial charge in [0.2, 0.25) is 0 Å². The maximum atomic E-state index is 11.1. The van der Waals surface area contributed by atoms with Crippen molar-refractivity contribution in [3.8, 4) is 5.75 Å². The van der Waals surface area contributed by atoms with Crippen molar-refractivity contribution in [2.75, 3.05) is 0 Å². The van der Waals surface area contributed by atoms with Gasteiger partial charge in [-0.3, -0.25) is 4.79 Å². The number of ether oxygens (including phenoxy) is 1. The highest BCUT2D eigenvalue weighted by Gasteiger charge is 2.37. The van der Waals surface area contributed by atoms with Gasteiger partial charge in [0.05, 0.1) is 0 Å². The van der Waals surface area contributed by atoms with Crippen LogP contribution in [0.15, 0.2) is 43.0 Å². The predicted molar refractivity (Wildman–Crippen MR) is 112 cm³/mol. The molecule has 0 saturated carbocycles. The molecule has 0 fully saturated rings. The van der Waals surface area contributed by atoms with Gasteiger partial charge in [0, 0.05) is 6.92 Å². The summed E-state index contributed by atoms with van der Waals surface area (Å²) in [5.41, 5.74) is 7.79. The Morgan fingerprint density at radius 2 is 1.48 bits per heavy atom. The van der Waals surface area contributed by atoms with Crippen LogP contribution in [-0.4, -0.2) is 5.97 Å². The molecule has 1 aliphatic rings. The van der Waals surface area contributed by atoms with Crippen LogP contribution in [0.25, 0.3) is 5.57 Å². The van der Waals surface area contributed by atoms with Crippen molar-refractivity contribution in [1.29, 1.82) is 0 Å². The molecule has 0 spiro atoms. The topological polar surface area (TPSA) is 26.3 Å². The van der Waals surface area contributed by atoms with Crippen LogP contribution in [0, 0.1) is 6.92 Å². The minimum absolute atomic E-state index is 0.173. The summed E-state index contributed by atoms with van der Waals surface area (Å²) in [5.74, 6) is 0.251. The third kappa shape index (κ3) is 3.71. The van der Waals surface area contributed by atoms with Gasteiger partial charge in [0.1, 0.15) is 5.75 Å². The molecule has 0 amide bonds. The number of benzene rings is 2. The fraction of sp³-hybridized carbons (Fsp3) is 0.400. The van der Waals surface area contributed by atoms with E-state index in [-0.39, 0.29) is 16.8 Å². The van der Waals surface area contributed by atoms with Crippen LogP contribution in [0.5, 0.6) is 5.75 Å². The van der Waals surface area contributed by atoms with E-state index in [0.717, 1.165) is 11.1 Å². The third-order valence-electron chi connectivity index (χ3n) is 5.99. The molecule has 0 unspecified atom stereocenters. The molecule has 2 nitrogen and oxygen atoms in total. The zero-order valence-corrected chi connectivity index (χ0v) is 17.4. The van der Waals surface area contributed by atoms with Crippen molar-refractivity contribution in [2.45, 2.75) is 65.2 Å². The van der Waals surface area contributed by atoms with E-state index < -0.39 is 0 Å². The number of fused-ring (bicyclic) bond motifs is 1. The summed E-state index contributed by atoms with van der Waals surface area (Å²) in [5, 5.41) is 0. The van der Waals surface area contributed by atoms with E-state index in [1.54, 1.807) is 0 Å². The molecule has 0 aromatic heterocycles. The van der Waals surface area contributed by atoms with Crippen LogP contribution in [0.4, 0.5) is 0 Å². The van der Waals surface area contributed by atoms with E-state index in [0.29, 0.717) is 5.75 Å². The van der Waals surface area contributed by atoms with E-state index in [1.807, 2.05) is 24.3 Å². The summed E-state index contributed by atoms with van der Waals surface area (Å²) in [4.78, 5) is 11.1. The number of rotatable bonds is 3. The Labute approximate surface area is 163 Å². The van der Waals surface area contributed by atoms with Gasteiger partial charge in [-0.25, -0.2) is 0 Å². The Hall–Kier alpha value is -2.35. The molecule has 0 saturated heterocycles. The largest absolute Gasteiger partial charge is 0.427 e. The summed E-state index contributed by atoms with van der Waals surface area (Å²) in [6, 6.07) is 12.3. The van der Waals surface area contributed by atoms with Crippen molar-refractivity contribution in [2.24, 2.45) is 0 Å². The molecule has 2 aromatic carbocycles. The Morgan fingerprint density at radius 3 is 2.00 bits per heavy atom. The highest BCUT2D eigenvalue weighted by atomic mass is 16.5. The van der Waals surface area contributed by atoms with Crippen LogP contribution in [0.3, 0.4) is 0 Å². The minimum Gasteiger partial charge on any atom is -0.427 e. The first-order chi connectivity index (χ1) is 12.5. The molecule has 0 heterocycles. The zero-order chi connectivity index (χ0) is 20.0. The molecule has 2 aromatic rings. The Bertz CT molecular complexity index is 899. The van der Waals surface area contributed by atoms with Gasteiger partial charge in [-0.15, -0.1) is 0 Å². The Morgan fingerprint density at radius 1 is 0.963 bits per heavy atom. The average Bonchev–Trinajstić information content (AvgIpc) is 2.58. The second kappa shape index (κ2) is 6.67. The third-order valence-corrected chi connectivity index (χ3v) is 5.99. The van der Waals surface area contributed by atoms with E-state index in [1.165, 1.54) is 42.0 Å². The van der Waals surface area contributed by atoms with Crippen molar-refractivity contribution in [1.82, 2.24) is 0 Å². The number of hydrogen-bond acceptors (Lipinski definition) is 2. The van der Waals surface area contributed by atoms with Crippen molar-refractivity contribution in [3.63, 3.8) is 0 Å². The Kier molecular flexibility index (Phi) is 4.80. The molecule has 0 aliphatic heterocycles. The molecule has 0 N–H and O–H groups in total. The molecule has 0 bridgehead atoms. The number of esters is 1. The second-order valence-corrected chi connectivity index (χ2v) is 9.08. The second-order valence-electron chi connectivity index (χ2n) is 9.08. The Balaban J connectivity index is 2.02. The fourth-order valence-electron chi connectivity index (χ4n) is 4.09. The van der Waals surface area contributed by atoms with Gasteiger partial charge in [-0.2, -0.15) is 0 Å². The van der Waals surface area contributed by atoms with Gasteiger partial charge in [-0.05, 0) is 76.1 Å². The average molecular weight is 363 g/mol. The van der Waals surface area contributed by atoms with Crippen molar-refractivity contribution in [3.05, 3.63) is 70.8 Å². The number of aryl methyl sites for hydroxylation is 1. The number of carbonyl (C=O) groups excluding carboxylic acids is 1. The SMILES string of the molecule is C=C(c1ccc(OC(C)=O)cc1)c1cc2c(cc1C)C(C)(C)CCC2(C)C. The minimum atomic E-state index is -0.308. The van der Waals surface area contributed by atoms with Crippen LogP contribution < -0.4 is 4.74 Å². The van der Waals surface area contributed by atoms with Gasteiger partial charge in [-0.1, -0.05) is 58.5 Å². The summed E-state index contributed by atoms with van der Waals surface area (Å²) < 4.78 is 5.13. The quantitative estimate of drug-likeness (QED) is 0.471. The highest BCUT2D eigenvalue weighted by molar-refractivity contribution is 5.81. The molecular formula is C25H30O2. The molecule has 3 rings (SSSR count). The zero-order valence-electron chi connectivity index (χ0n) is 17.4. The predicted octanol–water partition coefficient (Wildman–Crippen LogP) is 6.33. The van der Waals surface area contributed by atoms with Gasteiger partial charge in [0.25, 0.3) is 0 Å². The lowest BCUT2D eigenvalue weighted by atomic mass is 9.62. The molecular weight excluding hydrogens is 332 g/mol. The lowest BCUT2D eigenvalue weighted by Gasteiger charge is -2.42. The first kappa shape index (κ1) is 19.4.